The van der Waals surface area contributed by atoms with E-state index in [1.54, 1.807) is 11.4 Å². The van der Waals surface area contributed by atoms with Gasteiger partial charge in [-0.1, -0.05) is 12.1 Å². The van der Waals surface area contributed by atoms with Crippen LogP contribution in [0.15, 0.2) is 47.4 Å². The molecule has 0 aliphatic rings. The van der Waals surface area contributed by atoms with Gasteiger partial charge in [0.05, 0.1) is 17.4 Å². The molecule has 3 rings (SSSR count). The second-order valence-electron chi connectivity index (χ2n) is 5.65. The van der Waals surface area contributed by atoms with E-state index in [1.807, 2.05) is 36.0 Å². The van der Waals surface area contributed by atoms with E-state index in [2.05, 4.69) is 20.2 Å². The number of nitrogens with zero attached hydrogens (tertiary/aromatic N) is 2. The molecule has 2 N–H and O–H groups in total. The molecule has 3 aromatic rings. The second-order valence-corrected chi connectivity index (χ2v) is 6.43. The summed E-state index contributed by atoms with van der Waals surface area (Å²) >= 11 is 1.47. The summed E-state index contributed by atoms with van der Waals surface area (Å²) in [5.74, 6) is -0.192. The number of carbonyl (C=O) groups is 2. The smallest absolute Gasteiger partial charge is 0.252 e. The Balaban J connectivity index is 1.32. The molecule has 0 fully saturated rings. The Morgan fingerprint density at radius 1 is 1.12 bits per heavy atom. The molecule has 0 radical (unpaired) electrons. The van der Waals surface area contributed by atoms with Crippen LogP contribution in [-0.2, 0) is 11.3 Å². The Bertz CT molecular complexity index is 842. The van der Waals surface area contributed by atoms with Gasteiger partial charge in [0, 0.05) is 37.0 Å². The highest BCUT2D eigenvalue weighted by atomic mass is 32.1. The summed E-state index contributed by atoms with van der Waals surface area (Å²) in [6.45, 7) is 1.74. The van der Waals surface area contributed by atoms with E-state index in [0.29, 0.717) is 18.7 Å². The van der Waals surface area contributed by atoms with Crippen LogP contribution in [0, 0.1) is 0 Å². The van der Waals surface area contributed by atoms with Crippen LogP contribution >= 0.6 is 11.3 Å². The van der Waals surface area contributed by atoms with Crippen LogP contribution in [0.3, 0.4) is 0 Å². The number of imidazole rings is 1. The van der Waals surface area contributed by atoms with Crippen molar-refractivity contribution in [2.24, 2.45) is 0 Å². The molecule has 25 heavy (non-hydrogen) atoms. The summed E-state index contributed by atoms with van der Waals surface area (Å²) in [5.41, 5.74) is 2.72. The molecule has 0 unspecified atom stereocenters. The fraction of sp³-hybridized carbons (Fsp3) is 0.278. The number of aromatic nitrogens is 2. The Morgan fingerprint density at radius 2 is 2.00 bits per heavy atom. The van der Waals surface area contributed by atoms with Crippen molar-refractivity contribution in [2.75, 3.05) is 13.1 Å². The highest BCUT2D eigenvalue weighted by Gasteiger charge is 2.07. The highest BCUT2D eigenvalue weighted by Crippen LogP contribution is 2.11. The zero-order chi connectivity index (χ0) is 17.5. The normalized spacial score (nSPS) is 10.7. The highest BCUT2D eigenvalue weighted by molar-refractivity contribution is 7.08. The van der Waals surface area contributed by atoms with Crippen molar-refractivity contribution in [2.45, 2.75) is 19.4 Å². The molecule has 0 aliphatic carbocycles. The van der Waals surface area contributed by atoms with Gasteiger partial charge in [0.1, 0.15) is 0 Å². The average Bonchev–Trinajstić information content (AvgIpc) is 3.29. The molecule has 7 heteroatoms. The van der Waals surface area contributed by atoms with E-state index < -0.39 is 0 Å². The van der Waals surface area contributed by atoms with Gasteiger partial charge in [-0.3, -0.25) is 9.59 Å². The Morgan fingerprint density at radius 3 is 2.84 bits per heavy atom. The molecule has 6 nitrogen and oxygen atoms in total. The first-order valence-electron chi connectivity index (χ1n) is 8.21. The van der Waals surface area contributed by atoms with Crippen molar-refractivity contribution in [3.63, 3.8) is 0 Å². The fourth-order valence-corrected chi connectivity index (χ4v) is 3.18. The van der Waals surface area contributed by atoms with Crippen LogP contribution in [0.1, 0.15) is 23.2 Å². The number of para-hydroxylation sites is 2. The van der Waals surface area contributed by atoms with Crippen molar-refractivity contribution in [3.8, 4) is 0 Å². The molecular weight excluding hydrogens is 336 g/mol. The molecule has 0 aliphatic heterocycles. The third-order valence-electron chi connectivity index (χ3n) is 3.85. The summed E-state index contributed by atoms with van der Waals surface area (Å²) in [7, 11) is 0. The Kier molecular flexibility index (Phi) is 5.79. The van der Waals surface area contributed by atoms with E-state index in [-0.39, 0.29) is 18.2 Å². The van der Waals surface area contributed by atoms with Gasteiger partial charge in [-0.05, 0) is 30.0 Å². The maximum atomic E-state index is 11.8. The van der Waals surface area contributed by atoms with Crippen LogP contribution in [0.2, 0.25) is 0 Å². The van der Waals surface area contributed by atoms with Crippen LogP contribution in [0.4, 0.5) is 0 Å². The Labute approximate surface area is 149 Å². The van der Waals surface area contributed by atoms with Crippen molar-refractivity contribution in [1.82, 2.24) is 20.2 Å². The number of hydrogen-bond acceptors (Lipinski definition) is 4. The molecule has 1 aromatic carbocycles. The molecule has 2 heterocycles. The lowest BCUT2D eigenvalue weighted by Crippen LogP contribution is -2.31. The van der Waals surface area contributed by atoms with E-state index in [9.17, 15) is 9.59 Å². The number of thiophene rings is 1. The lowest BCUT2D eigenvalue weighted by Gasteiger charge is -2.07. The molecule has 0 bridgehead atoms. The van der Waals surface area contributed by atoms with Gasteiger partial charge in [-0.2, -0.15) is 11.3 Å². The number of carbonyl (C=O) groups excluding carboxylic acids is 2. The summed E-state index contributed by atoms with van der Waals surface area (Å²) in [4.78, 5) is 27.9. The number of benzene rings is 1. The molecule has 0 atom stereocenters. The average molecular weight is 356 g/mol. The van der Waals surface area contributed by atoms with Crippen LogP contribution < -0.4 is 10.6 Å². The number of fused-ring (bicyclic) bond motifs is 1. The summed E-state index contributed by atoms with van der Waals surface area (Å²) in [5, 5.41) is 9.26. The molecular formula is C18H20N4O2S. The standard InChI is InChI=1S/C18H20N4O2S/c23-17(6-9-20-18(24)14-7-11-25-12-14)19-8-3-10-22-13-21-15-4-1-2-5-16(15)22/h1-2,4-5,7,11-13H,3,6,8-10H2,(H,19,23)(H,20,24). The molecule has 0 saturated carbocycles. The maximum Gasteiger partial charge on any atom is 0.252 e. The minimum Gasteiger partial charge on any atom is -0.356 e. The zero-order valence-corrected chi connectivity index (χ0v) is 14.6. The fourth-order valence-electron chi connectivity index (χ4n) is 2.54. The van der Waals surface area contributed by atoms with Gasteiger partial charge in [0.25, 0.3) is 5.91 Å². The molecule has 0 saturated heterocycles. The largest absolute Gasteiger partial charge is 0.356 e. The van der Waals surface area contributed by atoms with Crippen molar-refractivity contribution in [3.05, 3.63) is 53.0 Å². The first kappa shape index (κ1) is 17.2. The predicted molar refractivity (Wildman–Crippen MR) is 98.6 cm³/mol. The summed E-state index contributed by atoms with van der Waals surface area (Å²) in [6.07, 6.45) is 2.93. The van der Waals surface area contributed by atoms with Gasteiger partial charge in [-0.15, -0.1) is 0 Å². The number of aryl methyl sites for hydroxylation is 1. The van der Waals surface area contributed by atoms with Crippen LogP contribution in [0.25, 0.3) is 11.0 Å². The number of rotatable bonds is 8. The first-order valence-corrected chi connectivity index (χ1v) is 9.15. The van der Waals surface area contributed by atoms with E-state index in [0.717, 1.165) is 24.0 Å². The van der Waals surface area contributed by atoms with Crippen LogP contribution in [0.5, 0.6) is 0 Å². The lowest BCUT2D eigenvalue weighted by atomic mass is 10.3. The topological polar surface area (TPSA) is 76.0 Å². The van der Waals surface area contributed by atoms with Crippen molar-refractivity contribution < 1.29 is 9.59 Å². The SMILES string of the molecule is O=C(CCNC(=O)c1ccsc1)NCCCn1cnc2ccccc21. The van der Waals surface area contributed by atoms with Gasteiger partial charge in [0.2, 0.25) is 5.91 Å². The van der Waals surface area contributed by atoms with E-state index in [1.165, 1.54) is 11.3 Å². The molecule has 130 valence electrons. The van der Waals surface area contributed by atoms with E-state index in [4.69, 9.17) is 0 Å². The molecule has 2 amide bonds. The quantitative estimate of drug-likeness (QED) is 0.609. The zero-order valence-electron chi connectivity index (χ0n) is 13.8. The molecule has 2 aromatic heterocycles. The minimum atomic E-state index is -0.138. The Hall–Kier alpha value is -2.67. The minimum absolute atomic E-state index is 0.0545. The third-order valence-corrected chi connectivity index (χ3v) is 4.53. The number of amides is 2. The van der Waals surface area contributed by atoms with Crippen molar-refractivity contribution in [1.29, 1.82) is 0 Å². The van der Waals surface area contributed by atoms with Gasteiger partial charge in [-0.25, -0.2) is 4.98 Å². The van der Waals surface area contributed by atoms with Crippen LogP contribution in [-0.4, -0.2) is 34.5 Å². The molecule has 0 spiro atoms. The number of nitrogens with one attached hydrogen (secondary N) is 2. The lowest BCUT2D eigenvalue weighted by molar-refractivity contribution is -0.120. The number of hydrogen-bond donors (Lipinski definition) is 2. The van der Waals surface area contributed by atoms with Gasteiger partial charge >= 0.3 is 0 Å². The van der Waals surface area contributed by atoms with Crippen molar-refractivity contribution >= 4 is 34.2 Å². The van der Waals surface area contributed by atoms with Gasteiger partial charge < -0.3 is 15.2 Å². The monoisotopic (exact) mass is 356 g/mol. The summed E-state index contributed by atoms with van der Waals surface area (Å²) in [6, 6.07) is 9.75. The second kappa shape index (κ2) is 8.43. The third kappa shape index (κ3) is 4.67. The summed E-state index contributed by atoms with van der Waals surface area (Å²) < 4.78 is 2.09. The first-order chi connectivity index (χ1) is 12.2. The predicted octanol–water partition coefficient (Wildman–Crippen LogP) is 2.42. The maximum absolute atomic E-state index is 11.8. The van der Waals surface area contributed by atoms with Gasteiger partial charge in [0.15, 0.2) is 0 Å². The van der Waals surface area contributed by atoms with E-state index >= 15 is 0 Å².